The van der Waals surface area contributed by atoms with Crippen molar-refractivity contribution < 1.29 is 8.42 Å². The van der Waals surface area contributed by atoms with Crippen molar-refractivity contribution >= 4 is 9.84 Å². The summed E-state index contributed by atoms with van der Waals surface area (Å²) in [6.07, 6.45) is 2.71. The molecule has 0 aromatic heterocycles. The van der Waals surface area contributed by atoms with Crippen molar-refractivity contribution in [1.29, 1.82) is 0 Å². The molecule has 0 saturated carbocycles. The lowest BCUT2D eigenvalue weighted by Gasteiger charge is -2.25. The van der Waals surface area contributed by atoms with E-state index in [9.17, 15) is 8.42 Å². The summed E-state index contributed by atoms with van der Waals surface area (Å²) in [5.41, 5.74) is 0. The van der Waals surface area contributed by atoms with Gasteiger partial charge in [0, 0.05) is 19.1 Å². The molecule has 1 heterocycles. The predicted molar refractivity (Wildman–Crippen MR) is 67.4 cm³/mol. The van der Waals surface area contributed by atoms with E-state index in [1.807, 2.05) is 14.1 Å². The summed E-state index contributed by atoms with van der Waals surface area (Å²) in [7, 11) is 1.22. The topological polar surface area (TPSA) is 49.4 Å². The van der Waals surface area contributed by atoms with Crippen molar-refractivity contribution in [2.45, 2.75) is 37.5 Å². The summed E-state index contributed by atoms with van der Waals surface area (Å²) in [5.74, 6) is 0.376. The second-order valence-corrected chi connectivity index (χ2v) is 7.46. The van der Waals surface area contributed by atoms with Gasteiger partial charge in [0.05, 0.1) is 11.0 Å². The van der Waals surface area contributed by atoms with Crippen LogP contribution in [0.5, 0.6) is 0 Å². The van der Waals surface area contributed by atoms with E-state index >= 15 is 0 Å². The second-order valence-electron chi connectivity index (χ2n) is 5.06. The van der Waals surface area contributed by atoms with Gasteiger partial charge in [-0.15, -0.1) is 0 Å². The highest BCUT2D eigenvalue weighted by molar-refractivity contribution is 7.92. The lowest BCUT2D eigenvalue weighted by molar-refractivity contribution is 0.347. The Bertz CT molecular complexity index is 301. The van der Waals surface area contributed by atoms with Crippen molar-refractivity contribution in [2.75, 3.05) is 32.9 Å². The molecular weight excluding hydrogens is 224 g/mol. The Balaban J connectivity index is 2.36. The number of hydrogen-bond acceptors (Lipinski definition) is 4. The molecule has 0 aromatic rings. The van der Waals surface area contributed by atoms with Crippen molar-refractivity contribution in [3.63, 3.8) is 0 Å². The molecule has 2 unspecified atom stereocenters. The molecule has 16 heavy (non-hydrogen) atoms. The second kappa shape index (κ2) is 5.98. The lowest BCUT2D eigenvalue weighted by atomic mass is 10.2. The zero-order valence-electron chi connectivity index (χ0n) is 10.6. The summed E-state index contributed by atoms with van der Waals surface area (Å²) in [6.45, 7) is 3.64. The molecule has 96 valence electrons. The number of hydrogen-bond donors (Lipinski definition) is 1. The van der Waals surface area contributed by atoms with Gasteiger partial charge in [-0.3, -0.25) is 0 Å². The van der Waals surface area contributed by atoms with Crippen LogP contribution in [0, 0.1) is 0 Å². The van der Waals surface area contributed by atoms with Gasteiger partial charge in [-0.1, -0.05) is 6.42 Å². The van der Waals surface area contributed by atoms with Crippen molar-refractivity contribution in [3.05, 3.63) is 0 Å². The van der Waals surface area contributed by atoms with Gasteiger partial charge in [-0.05, 0) is 33.9 Å². The van der Waals surface area contributed by atoms with Crippen LogP contribution in [-0.2, 0) is 9.84 Å². The molecule has 1 rings (SSSR count). The third-order valence-corrected chi connectivity index (χ3v) is 5.32. The Morgan fingerprint density at radius 1 is 1.38 bits per heavy atom. The minimum absolute atomic E-state index is 0.161. The molecule has 1 N–H and O–H groups in total. The maximum Gasteiger partial charge on any atom is 0.154 e. The summed E-state index contributed by atoms with van der Waals surface area (Å²) >= 11 is 0. The largest absolute Gasteiger partial charge is 0.312 e. The molecule has 1 saturated heterocycles. The molecule has 0 aliphatic carbocycles. The van der Waals surface area contributed by atoms with Gasteiger partial charge < -0.3 is 10.2 Å². The molecule has 0 aromatic carbocycles. The van der Waals surface area contributed by atoms with Crippen LogP contribution in [0.4, 0.5) is 0 Å². The Labute approximate surface area is 99.3 Å². The zero-order chi connectivity index (χ0) is 12.2. The maximum atomic E-state index is 11.8. The van der Waals surface area contributed by atoms with Gasteiger partial charge in [0.15, 0.2) is 9.84 Å². The van der Waals surface area contributed by atoms with E-state index in [2.05, 4.69) is 17.1 Å². The van der Waals surface area contributed by atoms with Crippen molar-refractivity contribution in [1.82, 2.24) is 10.2 Å². The third-order valence-electron chi connectivity index (χ3n) is 3.05. The SMILES string of the molecule is CC(CN(C)C)NCC1CCCCS1(=O)=O. The molecule has 1 fully saturated rings. The van der Waals surface area contributed by atoms with Crippen LogP contribution in [0.1, 0.15) is 26.2 Å². The Morgan fingerprint density at radius 2 is 2.06 bits per heavy atom. The van der Waals surface area contributed by atoms with Crippen LogP contribution in [0.15, 0.2) is 0 Å². The van der Waals surface area contributed by atoms with Crippen LogP contribution in [0.3, 0.4) is 0 Å². The monoisotopic (exact) mass is 248 g/mol. The van der Waals surface area contributed by atoms with Gasteiger partial charge in [0.1, 0.15) is 0 Å². The average Bonchev–Trinajstić information content (AvgIpc) is 2.14. The highest BCUT2D eigenvalue weighted by Gasteiger charge is 2.28. The summed E-state index contributed by atoms with van der Waals surface area (Å²) in [4.78, 5) is 2.10. The van der Waals surface area contributed by atoms with E-state index < -0.39 is 9.84 Å². The summed E-state index contributed by atoms with van der Waals surface area (Å²) in [6, 6.07) is 0.340. The Hall–Kier alpha value is -0.130. The molecule has 1 aliphatic rings. The normalized spacial score (nSPS) is 26.9. The fourth-order valence-corrected chi connectivity index (χ4v) is 4.01. The maximum absolute atomic E-state index is 11.8. The molecule has 0 amide bonds. The van der Waals surface area contributed by atoms with Gasteiger partial charge in [-0.25, -0.2) is 8.42 Å². The fraction of sp³-hybridized carbons (Fsp3) is 1.00. The van der Waals surface area contributed by atoms with E-state index in [0.29, 0.717) is 18.3 Å². The lowest BCUT2D eigenvalue weighted by Crippen LogP contribution is -2.43. The fourth-order valence-electron chi connectivity index (χ4n) is 2.20. The van der Waals surface area contributed by atoms with Crippen LogP contribution >= 0.6 is 0 Å². The average molecular weight is 248 g/mol. The molecule has 1 aliphatic heterocycles. The van der Waals surface area contributed by atoms with Gasteiger partial charge in [-0.2, -0.15) is 0 Å². The van der Waals surface area contributed by atoms with Crippen molar-refractivity contribution in [3.8, 4) is 0 Å². The zero-order valence-corrected chi connectivity index (χ0v) is 11.4. The van der Waals surface area contributed by atoms with Crippen LogP contribution < -0.4 is 5.32 Å². The quantitative estimate of drug-likeness (QED) is 0.769. The van der Waals surface area contributed by atoms with Gasteiger partial charge >= 0.3 is 0 Å². The first kappa shape index (κ1) is 13.9. The van der Waals surface area contributed by atoms with Crippen LogP contribution in [-0.4, -0.2) is 57.5 Å². The molecule has 5 heteroatoms. The van der Waals surface area contributed by atoms with E-state index in [1.165, 1.54) is 0 Å². The number of nitrogens with one attached hydrogen (secondary N) is 1. The van der Waals surface area contributed by atoms with E-state index in [4.69, 9.17) is 0 Å². The first-order valence-corrected chi connectivity index (χ1v) is 7.73. The first-order valence-electron chi connectivity index (χ1n) is 6.01. The molecule has 0 radical (unpaired) electrons. The minimum atomic E-state index is -2.82. The summed E-state index contributed by atoms with van der Waals surface area (Å²) in [5, 5.41) is 3.16. The van der Waals surface area contributed by atoms with Crippen LogP contribution in [0.25, 0.3) is 0 Å². The van der Waals surface area contributed by atoms with E-state index in [-0.39, 0.29) is 5.25 Å². The number of sulfone groups is 1. The molecular formula is C11H24N2O2S. The third kappa shape index (κ3) is 4.39. The van der Waals surface area contributed by atoms with Crippen LogP contribution in [0.2, 0.25) is 0 Å². The smallest absolute Gasteiger partial charge is 0.154 e. The minimum Gasteiger partial charge on any atom is -0.312 e. The molecule has 2 atom stereocenters. The van der Waals surface area contributed by atoms with E-state index in [1.54, 1.807) is 0 Å². The molecule has 0 bridgehead atoms. The van der Waals surface area contributed by atoms with Gasteiger partial charge in [0.25, 0.3) is 0 Å². The number of nitrogens with zero attached hydrogens (tertiary/aromatic N) is 1. The Kier molecular flexibility index (Phi) is 5.21. The number of rotatable bonds is 5. The van der Waals surface area contributed by atoms with E-state index in [0.717, 1.165) is 25.8 Å². The molecule has 4 nitrogen and oxygen atoms in total. The standard InChI is InChI=1S/C11H24N2O2S/c1-10(9-13(2)3)12-8-11-6-4-5-7-16(11,14)15/h10-12H,4-9H2,1-3H3. The predicted octanol–water partition coefficient (Wildman–Crippen LogP) is 0.493. The number of likely N-dealkylation sites (N-methyl/N-ethyl adjacent to an activating group) is 1. The highest BCUT2D eigenvalue weighted by Crippen LogP contribution is 2.18. The van der Waals surface area contributed by atoms with Gasteiger partial charge in [0.2, 0.25) is 0 Å². The highest BCUT2D eigenvalue weighted by atomic mass is 32.2. The Morgan fingerprint density at radius 3 is 2.62 bits per heavy atom. The molecule has 0 spiro atoms. The summed E-state index contributed by atoms with van der Waals surface area (Å²) < 4.78 is 23.5. The van der Waals surface area contributed by atoms with Crippen molar-refractivity contribution in [2.24, 2.45) is 0 Å². The first-order chi connectivity index (χ1) is 7.42.